The van der Waals surface area contributed by atoms with Gasteiger partial charge in [0.1, 0.15) is 12.3 Å². The Kier molecular flexibility index (Phi) is 8.10. The second-order valence-electron chi connectivity index (χ2n) is 9.52. The van der Waals surface area contributed by atoms with Crippen LogP contribution in [0.15, 0.2) is 54.6 Å². The third-order valence-corrected chi connectivity index (χ3v) is 7.01. The van der Waals surface area contributed by atoms with E-state index in [4.69, 9.17) is 14.2 Å². The molecule has 1 aromatic heterocycles. The number of carbonyl (C=O) groups excluding carboxylic acids is 2. The molecular formula is C29H33N5O5. The molecule has 5 rings (SSSR count). The van der Waals surface area contributed by atoms with E-state index < -0.39 is 0 Å². The maximum atomic E-state index is 13.3. The molecule has 0 N–H and O–H groups in total. The highest BCUT2D eigenvalue weighted by Crippen LogP contribution is 2.33. The van der Waals surface area contributed by atoms with Gasteiger partial charge in [-0.25, -0.2) is 0 Å². The van der Waals surface area contributed by atoms with Crippen LogP contribution < -0.4 is 19.1 Å². The number of fused-ring (bicyclic) bond motifs is 1. The van der Waals surface area contributed by atoms with Crippen LogP contribution in [0.4, 0.5) is 5.82 Å². The summed E-state index contributed by atoms with van der Waals surface area (Å²) in [5, 5.41) is 8.82. The summed E-state index contributed by atoms with van der Waals surface area (Å²) < 4.78 is 16.0. The number of benzene rings is 2. The third-order valence-electron chi connectivity index (χ3n) is 7.01. The molecule has 2 aliphatic heterocycles. The summed E-state index contributed by atoms with van der Waals surface area (Å²) >= 11 is 0. The Hall–Kier alpha value is -4.34. The minimum Gasteiger partial charge on any atom is -0.497 e. The molecule has 0 aliphatic carbocycles. The molecule has 2 amide bonds. The highest BCUT2D eigenvalue weighted by Gasteiger charge is 2.27. The van der Waals surface area contributed by atoms with E-state index in [0.717, 1.165) is 35.7 Å². The molecule has 0 bridgehead atoms. The average Bonchev–Trinajstić information content (AvgIpc) is 3.47. The van der Waals surface area contributed by atoms with Crippen molar-refractivity contribution in [1.82, 2.24) is 20.0 Å². The number of ether oxygens (including phenoxy) is 3. The number of carbonyl (C=O) groups is 2. The summed E-state index contributed by atoms with van der Waals surface area (Å²) in [6.45, 7) is 5.18. The highest BCUT2D eigenvalue weighted by atomic mass is 16.7. The van der Waals surface area contributed by atoms with Crippen LogP contribution in [-0.2, 0) is 4.79 Å². The number of nitrogens with zero attached hydrogens (tertiary/aromatic N) is 5. The number of piperazine rings is 1. The Morgan fingerprint density at radius 3 is 2.41 bits per heavy atom. The van der Waals surface area contributed by atoms with Crippen molar-refractivity contribution in [3.8, 4) is 28.5 Å². The van der Waals surface area contributed by atoms with E-state index in [2.05, 4.69) is 22.0 Å². The molecule has 10 nitrogen and oxygen atoms in total. The quantitative estimate of drug-likeness (QED) is 0.414. The Bertz CT molecular complexity index is 1290. The SMILES string of the molecule is CCCCN(CC(=O)N1CCN(c2ccc(-c3ccc(OC)cc3)nn2)CC1)C(=O)c1ccc2c(c1)OCO2. The minimum atomic E-state index is -0.180. The molecule has 3 heterocycles. The van der Waals surface area contributed by atoms with E-state index in [0.29, 0.717) is 49.8 Å². The lowest BCUT2D eigenvalue weighted by Crippen LogP contribution is -2.52. The Balaban J connectivity index is 1.17. The second kappa shape index (κ2) is 12.0. The Labute approximate surface area is 228 Å². The predicted molar refractivity (Wildman–Crippen MR) is 146 cm³/mol. The summed E-state index contributed by atoms with van der Waals surface area (Å²) in [4.78, 5) is 32.1. The molecule has 3 aromatic rings. The fraction of sp³-hybridized carbons (Fsp3) is 0.379. The molecule has 2 aliphatic rings. The van der Waals surface area contributed by atoms with Crippen LogP contribution >= 0.6 is 0 Å². The lowest BCUT2D eigenvalue weighted by molar-refractivity contribution is -0.132. The van der Waals surface area contributed by atoms with Crippen molar-refractivity contribution in [2.75, 3.05) is 58.1 Å². The number of amides is 2. The van der Waals surface area contributed by atoms with Crippen LogP contribution in [0.25, 0.3) is 11.3 Å². The Morgan fingerprint density at radius 1 is 0.949 bits per heavy atom. The van der Waals surface area contributed by atoms with Gasteiger partial charge in [-0.15, -0.1) is 10.2 Å². The van der Waals surface area contributed by atoms with E-state index in [-0.39, 0.29) is 25.2 Å². The normalized spacial score (nSPS) is 14.3. The smallest absolute Gasteiger partial charge is 0.254 e. The molecule has 0 saturated carbocycles. The zero-order valence-electron chi connectivity index (χ0n) is 22.3. The van der Waals surface area contributed by atoms with Gasteiger partial charge in [0.25, 0.3) is 5.91 Å². The fourth-order valence-corrected chi connectivity index (χ4v) is 4.67. The van der Waals surface area contributed by atoms with Gasteiger partial charge in [0.15, 0.2) is 17.3 Å². The molecular weight excluding hydrogens is 498 g/mol. The zero-order chi connectivity index (χ0) is 27.2. The molecule has 0 spiro atoms. The van der Waals surface area contributed by atoms with Crippen molar-refractivity contribution in [2.45, 2.75) is 19.8 Å². The first-order valence-electron chi connectivity index (χ1n) is 13.3. The molecule has 39 heavy (non-hydrogen) atoms. The van der Waals surface area contributed by atoms with Gasteiger partial charge >= 0.3 is 0 Å². The maximum absolute atomic E-state index is 13.3. The number of methoxy groups -OCH3 is 1. The van der Waals surface area contributed by atoms with Gasteiger partial charge in [0.05, 0.1) is 12.8 Å². The first-order valence-corrected chi connectivity index (χ1v) is 13.3. The van der Waals surface area contributed by atoms with Gasteiger partial charge in [-0.05, 0) is 61.0 Å². The van der Waals surface area contributed by atoms with Crippen LogP contribution in [0.3, 0.4) is 0 Å². The van der Waals surface area contributed by atoms with Crippen molar-refractivity contribution in [3.63, 3.8) is 0 Å². The van der Waals surface area contributed by atoms with Crippen molar-refractivity contribution in [2.24, 2.45) is 0 Å². The number of anilines is 1. The van der Waals surface area contributed by atoms with Crippen LogP contribution in [0.1, 0.15) is 30.1 Å². The topological polar surface area (TPSA) is 97.3 Å². The van der Waals surface area contributed by atoms with Crippen molar-refractivity contribution >= 4 is 17.6 Å². The van der Waals surface area contributed by atoms with E-state index >= 15 is 0 Å². The summed E-state index contributed by atoms with van der Waals surface area (Å²) in [7, 11) is 1.64. The number of unbranched alkanes of at least 4 members (excludes halogenated alkanes) is 1. The number of aromatic nitrogens is 2. The highest BCUT2D eigenvalue weighted by molar-refractivity contribution is 5.97. The van der Waals surface area contributed by atoms with E-state index in [1.165, 1.54) is 0 Å². The lowest BCUT2D eigenvalue weighted by atomic mass is 10.1. The third kappa shape index (κ3) is 6.05. The van der Waals surface area contributed by atoms with Crippen molar-refractivity contribution < 1.29 is 23.8 Å². The lowest BCUT2D eigenvalue weighted by Gasteiger charge is -2.36. The summed E-state index contributed by atoms with van der Waals surface area (Å²) in [5.41, 5.74) is 2.24. The van der Waals surface area contributed by atoms with Crippen LogP contribution in [0.5, 0.6) is 17.2 Å². The molecule has 0 unspecified atom stereocenters. The molecule has 10 heteroatoms. The second-order valence-corrected chi connectivity index (χ2v) is 9.52. The number of hydrogen-bond donors (Lipinski definition) is 0. The van der Waals surface area contributed by atoms with E-state index in [9.17, 15) is 9.59 Å². The van der Waals surface area contributed by atoms with E-state index in [1.54, 1.807) is 30.2 Å². The average molecular weight is 532 g/mol. The standard InChI is InChI=1S/C29H33N5O5/c1-3-4-13-34(29(36)22-7-11-25-26(18-22)39-20-38-25)19-28(35)33-16-14-32(15-17-33)27-12-10-24(30-31-27)21-5-8-23(37-2)9-6-21/h5-12,18H,3-4,13-17,19-20H2,1-2H3. The van der Waals surface area contributed by atoms with Gasteiger partial charge in [0, 0.05) is 43.9 Å². The first-order chi connectivity index (χ1) is 19.1. The van der Waals surface area contributed by atoms with Crippen molar-refractivity contribution in [1.29, 1.82) is 0 Å². The minimum absolute atomic E-state index is 0.0453. The molecule has 2 aromatic carbocycles. The van der Waals surface area contributed by atoms with Crippen LogP contribution in [0.2, 0.25) is 0 Å². The maximum Gasteiger partial charge on any atom is 0.254 e. The summed E-state index contributed by atoms with van der Waals surface area (Å²) in [6, 6.07) is 16.8. The largest absolute Gasteiger partial charge is 0.497 e. The summed E-state index contributed by atoms with van der Waals surface area (Å²) in [5.74, 6) is 2.52. The van der Waals surface area contributed by atoms with E-state index in [1.807, 2.05) is 41.3 Å². The molecule has 0 radical (unpaired) electrons. The van der Waals surface area contributed by atoms with Gasteiger partial charge < -0.3 is 28.9 Å². The predicted octanol–water partition coefficient (Wildman–Crippen LogP) is 3.47. The van der Waals surface area contributed by atoms with Gasteiger partial charge in [-0.2, -0.15) is 0 Å². The molecule has 1 fully saturated rings. The van der Waals surface area contributed by atoms with Gasteiger partial charge in [-0.1, -0.05) is 13.3 Å². The Morgan fingerprint density at radius 2 is 1.72 bits per heavy atom. The number of hydrogen-bond acceptors (Lipinski definition) is 8. The fourth-order valence-electron chi connectivity index (χ4n) is 4.67. The summed E-state index contributed by atoms with van der Waals surface area (Å²) in [6.07, 6.45) is 1.75. The van der Waals surface area contributed by atoms with Crippen molar-refractivity contribution in [3.05, 3.63) is 60.2 Å². The van der Waals surface area contributed by atoms with Gasteiger partial charge in [-0.3, -0.25) is 9.59 Å². The monoisotopic (exact) mass is 531 g/mol. The molecule has 1 saturated heterocycles. The number of rotatable bonds is 9. The van der Waals surface area contributed by atoms with Crippen LogP contribution in [0, 0.1) is 0 Å². The van der Waals surface area contributed by atoms with Gasteiger partial charge in [0.2, 0.25) is 12.7 Å². The molecule has 204 valence electrons. The van der Waals surface area contributed by atoms with Crippen LogP contribution in [-0.4, -0.2) is 85.0 Å². The zero-order valence-corrected chi connectivity index (χ0v) is 22.3. The molecule has 0 atom stereocenters. The first kappa shape index (κ1) is 26.3.